The fourth-order valence-electron chi connectivity index (χ4n) is 2.26. The average molecular weight is 227 g/mol. The van der Waals surface area contributed by atoms with Gasteiger partial charge in [-0.15, -0.1) is 0 Å². The highest BCUT2D eigenvalue weighted by Crippen LogP contribution is 2.24. The van der Waals surface area contributed by atoms with Crippen molar-refractivity contribution in [3.8, 4) is 0 Å². The quantitative estimate of drug-likeness (QED) is 0.780. The molecule has 1 aliphatic carbocycles. The minimum atomic E-state index is -0.903. The van der Waals surface area contributed by atoms with Crippen LogP contribution in [0.25, 0.3) is 0 Å². The van der Waals surface area contributed by atoms with E-state index in [-0.39, 0.29) is 18.7 Å². The van der Waals surface area contributed by atoms with Crippen LogP contribution in [-0.4, -0.2) is 35.5 Å². The van der Waals surface area contributed by atoms with Gasteiger partial charge < -0.3 is 10.0 Å². The van der Waals surface area contributed by atoms with Crippen molar-refractivity contribution >= 4 is 11.9 Å². The highest BCUT2D eigenvalue weighted by molar-refractivity contribution is 5.80. The summed E-state index contributed by atoms with van der Waals surface area (Å²) in [4.78, 5) is 23.6. The molecule has 0 spiro atoms. The lowest BCUT2D eigenvalue weighted by Crippen LogP contribution is -2.32. The maximum Gasteiger partial charge on any atom is 0.303 e. The van der Waals surface area contributed by atoms with Crippen molar-refractivity contribution in [1.29, 1.82) is 0 Å². The highest BCUT2D eigenvalue weighted by atomic mass is 16.4. The second-order valence-electron chi connectivity index (χ2n) is 4.67. The van der Waals surface area contributed by atoms with E-state index in [1.807, 2.05) is 0 Å². The van der Waals surface area contributed by atoms with Crippen molar-refractivity contribution < 1.29 is 14.7 Å². The predicted octanol–water partition coefficient (Wildman–Crippen LogP) is 1.89. The van der Waals surface area contributed by atoms with Gasteiger partial charge in [0.15, 0.2) is 0 Å². The second-order valence-corrected chi connectivity index (χ2v) is 4.67. The molecule has 1 saturated carbocycles. The Morgan fingerprint density at radius 3 is 2.38 bits per heavy atom. The van der Waals surface area contributed by atoms with Crippen LogP contribution in [0.1, 0.15) is 44.9 Å². The Bertz CT molecular complexity index is 247. The summed E-state index contributed by atoms with van der Waals surface area (Å²) in [6, 6.07) is 0. The van der Waals surface area contributed by atoms with Gasteiger partial charge in [0.1, 0.15) is 0 Å². The van der Waals surface area contributed by atoms with Gasteiger partial charge in [0.25, 0.3) is 0 Å². The van der Waals surface area contributed by atoms with Crippen LogP contribution < -0.4 is 0 Å². The predicted molar refractivity (Wildman–Crippen MR) is 61.1 cm³/mol. The number of carboxylic acids is 1. The fourth-order valence-corrected chi connectivity index (χ4v) is 2.26. The first kappa shape index (κ1) is 13.0. The van der Waals surface area contributed by atoms with Gasteiger partial charge in [-0.3, -0.25) is 9.59 Å². The summed E-state index contributed by atoms with van der Waals surface area (Å²) in [6.45, 7) is 0.790. The molecule has 1 fully saturated rings. The Morgan fingerprint density at radius 2 is 1.81 bits per heavy atom. The molecule has 16 heavy (non-hydrogen) atoms. The van der Waals surface area contributed by atoms with Gasteiger partial charge in [-0.25, -0.2) is 0 Å². The molecule has 0 aromatic heterocycles. The first-order chi connectivity index (χ1) is 7.59. The minimum Gasteiger partial charge on any atom is -0.481 e. The molecule has 92 valence electrons. The molecule has 1 aliphatic rings. The zero-order valence-electron chi connectivity index (χ0n) is 9.95. The zero-order chi connectivity index (χ0) is 12.0. The monoisotopic (exact) mass is 227 g/mol. The second kappa shape index (κ2) is 6.51. The van der Waals surface area contributed by atoms with Crippen molar-refractivity contribution in [2.75, 3.05) is 13.6 Å². The van der Waals surface area contributed by atoms with E-state index in [0.717, 1.165) is 6.54 Å². The average Bonchev–Trinajstić information content (AvgIpc) is 2.27. The molecule has 0 radical (unpaired) electrons. The molecule has 1 N–H and O–H groups in total. The number of hydrogen-bond acceptors (Lipinski definition) is 2. The van der Waals surface area contributed by atoms with E-state index in [9.17, 15) is 9.59 Å². The normalized spacial score (nSPS) is 17.1. The number of aliphatic carboxylic acids is 1. The van der Waals surface area contributed by atoms with Gasteiger partial charge in [0.2, 0.25) is 5.91 Å². The Balaban J connectivity index is 2.24. The smallest absolute Gasteiger partial charge is 0.303 e. The van der Waals surface area contributed by atoms with Crippen LogP contribution in [0.15, 0.2) is 0 Å². The molecule has 1 amide bonds. The van der Waals surface area contributed by atoms with Gasteiger partial charge in [-0.1, -0.05) is 19.3 Å². The molecule has 4 heteroatoms. The number of carbonyl (C=O) groups excluding carboxylic acids is 1. The van der Waals surface area contributed by atoms with Crippen LogP contribution in [0.5, 0.6) is 0 Å². The van der Waals surface area contributed by atoms with E-state index in [1.165, 1.54) is 32.1 Å². The van der Waals surface area contributed by atoms with Gasteiger partial charge in [-0.2, -0.15) is 0 Å². The molecule has 0 saturated heterocycles. The third-order valence-electron chi connectivity index (χ3n) is 3.24. The summed E-state index contributed by atoms with van der Waals surface area (Å²) < 4.78 is 0. The largest absolute Gasteiger partial charge is 0.481 e. The number of rotatable bonds is 5. The van der Waals surface area contributed by atoms with E-state index in [1.54, 1.807) is 11.9 Å². The molecule has 0 unspecified atom stereocenters. The van der Waals surface area contributed by atoms with Gasteiger partial charge >= 0.3 is 5.97 Å². The summed E-state index contributed by atoms with van der Waals surface area (Å²) in [5.41, 5.74) is 0. The van der Waals surface area contributed by atoms with Crippen LogP contribution in [0.4, 0.5) is 0 Å². The van der Waals surface area contributed by atoms with Crippen molar-refractivity contribution in [2.24, 2.45) is 5.92 Å². The van der Waals surface area contributed by atoms with E-state index >= 15 is 0 Å². The molecule has 0 aromatic rings. The molecule has 0 atom stereocenters. The maximum absolute atomic E-state index is 11.6. The minimum absolute atomic E-state index is 0.0482. The summed E-state index contributed by atoms with van der Waals surface area (Å²) in [5.74, 6) is -0.333. The van der Waals surface area contributed by atoms with Crippen LogP contribution >= 0.6 is 0 Å². The topological polar surface area (TPSA) is 57.6 Å². The van der Waals surface area contributed by atoms with Crippen LogP contribution in [0.3, 0.4) is 0 Å². The molecule has 0 aromatic carbocycles. The maximum atomic E-state index is 11.6. The molecule has 1 rings (SSSR count). The van der Waals surface area contributed by atoms with Crippen LogP contribution in [-0.2, 0) is 9.59 Å². The summed E-state index contributed by atoms with van der Waals surface area (Å²) >= 11 is 0. The third kappa shape index (κ3) is 4.64. The summed E-state index contributed by atoms with van der Waals surface area (Å²) in [7, 11) is 1.78. The first-order valence-corrected chi connectivity index (χ1v) is 6.05. The number of carbonyl (C=O) groups is 2. The molecular weight excluding hydrogens is 206 g/mol. The fraction of sp³-hybridized carbons (Fsp3) is 0.833. The van der Waals surface area contributed by atoms with E-state index in [2.05, 4.69) is 0 Å². The Hall–Kier alpha value is -1.06. The van der Waals surface area contributed by atoms with E-state index < -0.39 is 5.97 Å². The number of hydrogen-bond donors (Lipinski definition) is 1. The third-order valence-corrected chi connectivity index (χ3v) is 3.24. The number of carboxylic acid groups (broad SMARTS) is 1. The summed E-state index contributed by atoms with van der Waals surface area (Å²) in [5, 5.41) is 8.49. The lowest BCUT2D eigenvalue weighted by molar-refractivity contribution is -0.140. The van der Waals surface area contributed by atoms with Crippen molar-refractivity contribution in [1.82, 2.24) is 4.90 Å². The molecule has 0 aliphatic heterocycles. The Labute approximate surface area is 96.6 Å². The zero-order valence-corrected chi connectivity index (χ0v) is 9.95. The first-order valence-electron chi connectivity index (χ1n) is 6.05. The highest BCUT2D eigenvalue weighted by Gasteiger charge is 2.18. The van der Waals surface area contributed by atoms with E-state index in [4.69, 9.17) is 5.11 Å². The standard InChI is InChI=1S/C12H21NO3/c1-13(11(14)7-8-12(15)16)9-10-5-3-2-4-6-10/h10H,2-9H2,1H3,(H,15,16). The van der Waals surface area contributed by atoms with E-state index in [0.29, 0.717) is 5.92 Å². The Morgan fingerprint density at radius 1 is 1.19 bits per heavy atom. The molecule has 4 nitrogen and oxygen atoms in total. The SMILES string of the molecule is CN(CC1CCCCC1)C(=O)CCC(=O)O. The lowest BCUT2D eigenvalue weighted by atomic mass is 9.89. The van der Waals surface area contributed by atoms with Gasteiger partial charge in [-0.05, 0) is 18.8 Å². The van der Waals surface area contributed by atoms with Crippen molar-refractivity contribution in [3.05, 3.63) is 0 Å². The van der Waals surface area contributed by atoms with Gasteiger partial charge in [0, 0.05) is 20.0 Å². The number of amides is 1. The molecule has 0 bridgehead atoms. The van der Waals surface area contributed by atoms with Crippen molar-refractivity contribution in [2.45, 2.75) is 44.9 Å². The Kier molecular flexibility index (Phi) is 5.29. The lowest BCUT2D eigenvalue weighted by Gasteiger charge is -2.27. The molecule has 0 heterocycles. The van der Waals surface area contributed by atoms with Crippen LogP contribution in [0, 0.1) is 5.92 Å². The van der Waals surface area contributed by atoms with Crippen molar-refractivity contribution in [3.63, 3.8) is 0 Å². The van der Waals surface area contributed by atoms with Gasteiger partial charge in [0.05, 0.1) is 6.42 Å². The molecular formula is C12H21NO3. The van der Waals surface area contributed by atoms with Crippen LogP contribution in [0.2, 0.25) is 0 Å². The summed E-state index contributed by atoms with van der Waals surface area (Å²) in [6.07, 6.45) is 6.32. The number of nitrogens with zero attached hydrogens (tertiary/aromatic N) is 1.